The quantitative estimate of drug-likeness (QED) is 0.796. The van der Waals surface area contributed by atoms with Gasteiger partial charge in [0.2, 0.25) is 0 Å². The zero-order valence-electron chi connectivity index (χ0n) is 10.6. The Morgan fingerprint density at radius 3 is 2.76 bits per heavy atom. The van der Waals surface area contributed by atoms with Crippen molar-refractivity contribution in [2.75, 3.05) is 0 Å². The number of carbonyl (C=O) groups excluding carboxylic acids is 1. The molecule has 0 fully saturated rings. The molecule has 0 aromatic heterocycles. The van der Waals surface area contributed by atoms with Gasteiger partial charge in [0.05, 0.1) is 5.56 Å². The van der Waals surface area contributed by atoms with E-state index in [1.165, 1.54) is 0 Å². The summed E-state index contributed by atoms with van der Waals surface area (Å²) >= 11 is 0. The number of phenolic OH excluding ortho intramolecular Hbond substituents is 1. The highest BCUT2D eigenvalue weighted by Crippen LogP contribution is 2.40. The summed E-state index contributed by atoms with van der Waals surface area (Å²) in [5.74, 6) is 0.500. The summed E-state index contributed by atoms with van der Waals surface area (Å²) in [5, 5.41) is 10.0. The van der Waals surface area contributed by atoms with Crippen molar-refractivity contribution in [1.82, 2.24) is 0 Å². The average Bonchev–Trinajstić information content (AvgIpc) is 2.26. The standard InChI is InChI=1S/C15H18O2/c1-8(2)11-7-13(17)15-12(16)6-5-9(3)14(15)10(11)4/h7,9,17H,1,5-6H2,2-4H3/t9-/m0/s1. The van der Waals surface area contributed by atoms with Crippen LogP contribution in [0.15, 0.2) is 12.6 Å². The number of hydrogen-bond donors (Lipinski definition) is 1. The fourth-order valence-corrected chi connectivity index (χ4v) is 2.76. The lowest BCUT2D eigenvalue weighted by Crippen LogP contribution is -2.16. The number of Topliss-reactive ketones (excluding diaryl/α,β-unsaturated/α-hetero) is 1. The third-order valence-electron chi connectivity index (χ3n) is 3.65. The van der Waals surface area contributed by atoms with Crippen molar-refractivity contribution < 1.29 is 9.90 Å². The van der Waals surface area contributed by atoms with Crippen molar-refractivity contribution in [3.63, 3.8) is 0 Å². The molecule has 90 valence electrons. The molecule has 1 atom stereocenters. The lowest BCUT2D eigenvalue weighted by atomic mass is 9.78. The minimum atomic E-state index is 0.0620. The first kappa shape index (κ1) is 11.9. The summed E-state index contributed by atoms with van der Waals surface area (Å²) in [6.45, 7) is 9.97. The van der Waals surface area contributed by atoms with Crippen LogP contribution in [0.3, 0.4) is 0 Å². The highest BCUT2D eigenvalue weighted by Gasteiger charge is 2.28. The van der Waals surface area contributed by atoms with Gasteiger partial charge in [-0.2, -0.15) is 0 Å². The highest BCUT2D eigenvalue weighted by atomic mass is 16.3. The first-order valence-corrected chi connectivity index (χ1v) is 5.99. The molecule has 0 heterocycles. The Kier molecular flexibility index (Phi) is 2.82. The number of ketones is 1. The minimum Gasteiger partial charge on any atom is -0.507 e. The Hall–Kier alpha value is -1.57. The average molecular weight is 230 g/mol. The summed E-state index contributed by atoms with van der Waals surface area (Å²) in [6.07, 6.45) is 1.40. The van der Waals surface area contributed by atoms with E-state index in [2.05, 4.69) is 13.5 Å². The number of benzene rings is 1. The van der Waals surface area contributed by atoms with Gasteiger partial charge < -0.3 is 5.11 Å². The van der Waals surface area contributed by atoms with Crippen molar-refractivity contribution in [3.8, 4) is 5.75 Å². The van der Waals surface area contributed by atoms with E-state index in [1.807, 2.05) is 13.8 Å². The van der Waals surface area contributed by atoms with Crippen LogP contribution < -0.4 is 0 Å². The Bertz CT molecular complexity index is 512. The fraction of sp³-hybridized carbons (Fsp3) is 0.400. The van der Waals surface area contributed by atoms with Crippen LogP contribution in [0.4, 0.5) is 0 Å². The van der Waals surface area contributed by atoms with Crippen molar-refractivity contribution in [2.45, 2.75) is 39.5 Å². The summed E-state index contributed by atoms with van der Waals surface area (Å²) in [5.41, 5.74) is 4.52. The van der Waals surface area contributed by atoms with Gasteiger partial charge in [-0.05, 0) is 48.9 Å². The van der Waals surface area contributed by atoms with E-state index in [0.717, 1.165) is 28.7 Å². The van der Waals surface area contributed by atoms with Crippen LogP contribution >= 0.6 is 0 Å². The van der Waals surface area contributed by atoms with Gasteiger partial charge in [0.15, 0.2) is 5.78 Å². The molecule has 1 aromatic rings. The van der Waals surface area contributed by atoms with Gasteiger partial charge >= 0.3 is 0 Å². The van der Waals surface area contributed by atoms with Gasteiger partial charge in [-0.1, -0.05) is 19.1 Å². The van der Waals surface area contributed by atoms with Crippen molar-refractivity contribution in [1.29, 1.82) is 0 Å². The van der Waals surface area contributed by atoms with E-state index < -0.39 is 0 Å². The Labute approximate surface area is 102 Å². The van der Waals surface area contributed by atoms with Gasteiger partial charge in [0.25, 0.3) is 0 Å². The maximum Gasteiger partial charge on any atom is 0.166 e. The molecule has 1 N–H and O–H groups in total. The molecule has 0 radical (unpaired) electrons. The molecule has 2 heteroatoms. The number of allylic oxidation sites excluding steroid dienone is 1. The maximum atomic E-state index is 11.9. The van der Waals surface area contributed by atoms with E-state index in [9.17, 15) is 9.90 Å². The van der Waals surface area contributed by atoms with Crippen LogP contribution in [0.1, 0.15) is 59.7 Å². The molecule has 2 rings (SSSR count). The predicted molar refractivity (Wildman–Crippen MR) is 69.5 cm³/mol. The summed E-state index contributed by atoms with van der Waals surface area (Å²) in [4.78, 5) is 11.9. The molecular formula is C15H18O2. The lowest BCUT2D eigenvalue weighted by Gasteiger charge is -2.26. The highest BCUT2D eigenvalue weighted by molar-refractivity contribution is 6.02. The normalized spacial score (nSPS) is 19.0. The van der Waals surface area contributed by atoms with Crippen molar-refractivity contribution >= 4 is 11.4 Å². The molecule has 0 amide bonds. The summed E-state index contributed by atoms with van der Waals surface area (Å²) in [7, 11) is 0. The summed E-state index contributed by atoms with van der Waals surface area (Å²) < 4.78 is 0. The van der Waals surface area contributed by atoms with E-state index in [4.69, 9.17) is 0 Å². The Balaban J connectivity index is 2.78. The van der Waals surface area contributed by atoms with Gasteiger partial charge in [-0.25, -0.2) is 0 Å². The number of rotatable bonds is 1. The predicted octanol–water partition coefficient (Wildman–Crippen LogP) is 3.81. The third kappa shape index (κ3) is 1.78. The van der Waals surface area contributed by atoms with Crippen molar-refractivity contribution in [2.24, 2.45) is 0 Å². The van der Waals surface area contributed by atoms with Gasteiger partial charge in [0.1, 0.15) is 5.75 Å². The lowest BCUT2D eigenvalue weighted by molar-refractivity contribution is 0.0965. The smallest absolute Gasteiger partial charge is 0.166 e. The minimum absolute atomic E-state index is 0.0620. The van der Waals surface area contributed by atoms with Crippen molar-refractivity contribution in [3.05, 3.63) is 34.9 Å². The van der Waals surface area contributed by atoms with E-state index in [1.54, 1.807) is 6.07 Å². The van der Waals surface area contributed by atoms with E-state index in [-0.39, 0.29) is 11.5 Å². The second-order valence-corrected chi connectivity index (χ2v) is 5.00. The molecular weight excluding hydrogens is 212 g/mol. The molecule has 1 aliphatic carbocycles. The van der Waals surface area contributed by atoms with Crippen LogP contribution in [0.25, 0.3) is 5.57 Å². The monoisotopic (exact) mass is 230 g/mol. The van der Waals surface area contributed by atoms with Crippen LogP contribution in [0, 0.1) is 6.92 Å². The third-order valence-corrected chi connectivity index (χ3v) is 3.65. The number of fused-ring (bicyclic) bond motifs is 1. The fourth-order valence-electron chi connectivity index (χ4n) is 2.76. The first-order chi connectivity index (χ1) is 7.93. The largest absolute Gasteiger partial charge is 0.507 e. The van der Waals surface area contributed by atoms with E-state index >= 15 is 0 Å². The molecule has 0 aliphatic heterocycles. The first-order valence-electron chi connectivity index (χ1n) is 5.99. The molecule has 0 bridgehead atoms. The Morgan fingerprint density at radius 1 is 1.53 bits per heavy atom. The maximum absolute atomic E-state index is 11.9. The number of carbonyl (C=O) groups is 1. The number of hydrogen-bond acceptors (Lipinski definition) is 2. The zero-order chi connectivity index (χ0) is 12.7. The van der Waals surface area contributed by atoms with Gasteiger partial charge in [0, 0.05) is 6.42 Å². The van der Waals surface area contributed by atoms with Crippen LogP contribution in [-0.2, 0) is 0 Å². The van der Waals surface area contributed by atoms with E-state index in [0.29, 0.717) is 17.9 Å². The molecule has 2 nitrogen and oxygen atoms in total. The number of aromatic hydroxyl groups is 1. The molecule has 1 aliphatic rings. The number of phenols is 1. The van der Waals surface area contributed by atoms with Crippen LogP contribution in [0.2, 0.25) is 0 Å². The van der Waals surface area contributed by atoms with Crippen LogP contribution in [0.5, 0.6) is 5.75 Å². The van der Waals surface area contributed by atoms with Gasteiger partial charge in [-0.3, -0.25) is 4.79 Å². The molecule has 0 unspecified atom stereocenters. The second kappa shape index (κ2) is 4.02. The van der Waals surface area contributed by atoms with Crippen LogP contribution in [-0.4, -0.2) is 10.9 Å². The summed E-state index contributed by atoms with van der Waals surface area (Å²) in [6, 6.07) is 1.67. The molecule has 0 spiro atoms. The molecule has 0 saturated heterocycles. The molecule has 1 aromatic carbocycles. The molecule has 0 saturated carbocycles. The zero-order valence-corrected chi connectivity index (χ0v) is 10.6. The molecule has 17 heavy (non-hydrogen) atoms. The van der Waals surface area contributed by atoms with Gasteiger partial charge in [-0.15, -0.1) is 0 Å². The SMILES string of the molecule is C=C(C)c1cc(O)c2c(c1C)[C@@H](C)CCC2=O. The Morgan fingerprint density at radius 2 is 2.18 bits per heavy atom. The second-order valence-electron chi connectivity index (χ2n) is 5.00. The topological polar surface area (TPSA) is 37.3 Å².